The van der Waals surface area contributed by atoms with Crippen LogP contribution in [0.3, 0.4) is 0 Å². The molecule has 1 saturated carbocycles. The Morgan fingerprint density at radius 3 is 2.55 bits per heavy atom. The number of hydrogen-bond donors (Lipinski definition) is 2. The Balaban J connectivity index is 1.96. The van der Waals surface area contributed by atoms with Crippen molar-refractivity contribution in [2.24, 2.45) is 17.3 Å². The quantitative estimate of drug-likeness (QED) is 0.816. The number of urea groups is 1. The average molecular weight is 282 g/mol. The van der Waals surface area contributed by atoms with Crippen LogP contribution in [0.5, 0.6) is 0 Å². The molecule has 4 unspecified atom stereocenters. The molecular weight excluding hydrogens is 256 g/mol. The van der Waals surface area contributed by atoms with Crippen LogP contribution in [0.1, 0.15) is 46.5 Å². The number of nitrogens with zero attached hydrogens (tertiary/aromatic N) is 1. The SMILES string of the molecule is CC1CCN(C(=O)NC2CCCC2(C)C(=O)O)CC1C. The molecule has 0 radical (unpaired) electrons. The number of piperidine rings is 1. The highest BCUT2D eigenvalue weighted by Gasteiger charge is 2.46. The zero-order valence-corrected chi connectivity index (χ0v) is 12.7. The van der Waals surface area contributed by atoms with Gasteiger partial charge in [0.25, 0.3) is 0 Å². The molecule has 1 aliphatic carbocycles. The van der Waals surface area contributed by atoms with E-state index in [1.165, 1.54) is 0 Å². The first-order valence-electron chi connectivity index (χ1n) is 7.63. The zero-order valence-electron chi connectivity index (χ0n) is 12.7. The Bertz CT molecular complexity index is 399. The topological polar surface area (TPSA) is 69.6 Å². The van der Waals surface area contributed by atoms with E-state index in [2.05, 4.69) is 19.2 Å². The second kappa shape index (κ2) is 5.62. The van der Waals surface area contributed by atoms with Gasteiger partial charge in [-0.3, -0.25) is 4.79 Å². The summed E-state index contributed by atoms with van der Waals surface area (Å²) in [5.41, 5.74) is -0.815. The summed E-state index contributed by atoms with van der Waals surface area (Å²) in [6, 6.07) is -0.342. The number of rotatable bonds is 2. The molecule has 2 amide bonds. The van der Waals surface area contributed by atoms with E-state index in [0.717, 1.165) is 32.4 Å². The fourth-order valence-electron chi connectivity index (χ4n) is 3.34. The Morgan fingerprint density at radius 1 is 1.25 bits per heavy atom. The summed E-state index contributed by atoms with van der Waals surface area (Å²) in [4.78, 5) is 25.6. The minimum absolute atomic E-state index is 0.0943. The van der Waals surface area contributed by atoms with Crippen molar-refractivity contribution in [3.8, 4) is 0 Å². The predicted molar refractivity (Wildman–Crippen MR) is 76.4 cm³/mol. The predicted octanol–water partition coefficient (Wildman–Crippen LogP) is 2.32. The lowest BCUT2D eigenvalue weighted by Gasteiger charge is -2.37. The molecule has 4 atom stereocenters. The molecule has 5 heteroatoms. The third-order valence-electron chi connectivity index (χ3n) is 5.37. The summed E-state index contributed by atoms with van der Waals surface area (Å²) >= 11 is 0. The monoisotopic (exact) mass is 282 g/mol. The first-order valence-corrected chi connectivity index (χ1v) is 7.63. The lowest BCUT2D eigenvalue weighted by Crippen LogP contribution is -2.53. The third kappa shape index (κ3) is 2.76. The molecule has 0 bridgehead atoms. The molecule has 2 rings (SSSR count). The molecule has 5 nitrogen and oxygen atoms in total. The van der Waals surface area contributed by atoms with E-state index in [-0.39, 0.29) is 12.1 Å². The van der Waals surface area contributed by atoms with Gasteiger partial charge in [-0.15, -0.1) is 0 Å². The van der Waals surface area contributed by atoms with Gasteiger partial charge in [0.05, 0.1) is 5.41 Å². The molecule has 0 aromatic rings. The molecule has 114 valence electrons. The minimum Gasteiger partial charge on any atom is -0.481 e. The van der Waals surface area contributed by atoms with Crippen LogP contribution in [0.4, 0.5) is 4.79 Å². The van der Waals surface area contributed by atoms with Crippen LogP contribution in [-0.4, -0.2) is 41.1 Å². The molecule has 0 aromatic heterocycles. The summed E-state index contributed by atoms with van der Waals surface area (Å²) in [6.45, 7) is 7.67. The lowest BCUT2D eigenvalue weighted by atomic mass is 9.85. The zero-order chi connectivity index (χ0) is 14.9. The van der Waals surface area contributed by atoms with Crippen molar-refractivity contribution in [2.75, 3.05) is 13.1 Å². The van der Waals surface area contributed by atoms with Gasteiger partial charge >= 0.3 is 12.0 Å². The maximum Gasteiger partial charge on any atom is 0.317 e. The van der Waals surface area contributed by atoms with Gasteiger partial charge in [-0.05, 0) is 38.0 Å². The Morgan fingerprint density at radius 2 is 1.95 bits per heavy atom. The summed E-state index contributed by atoms with van der Waals surface area (Å²) in [7, 11) is 0. The van der Waals surface area contributed by atoms with E-state index in [1.54, 1.807) is 6.92 Å². The number of carboxylic acids is 1. The van der Waals surface area contributed by atoms with Crippen LogP contribution in [0.2, 0.25) is 0 Å². The molecule has 2 fully saturated rings. The largest absolute Gasteiger partial charge is 0.481 e. The van der Waals surface area contributed by atoms with Gasteiger partial charge in [-0.25, -0.2) is 4.79 Å². The molecule has 0 aromatic carbocycles. The van der Waals surface area contributed by atoms with Crippen molar-refractivity contribution in [1.82, 2.24) is 10.2 Å². The van der Waals surface area contributed by atoms with E-state index < -0.39 is 11.4 Å². The van der Waals surface area contributed by atoms with Crippen molar-refractivity contribution in [2.45, 2.75) is 52.5 Å². The number of amides is 2. The maximum absolute atomic E-state index is 12.3. The minimum atomic E-state index is -0.815. The van der Waals surface area contributed by atoms with E-state index in [9.17, 15) is 14.7 Å². The van der Waals surface area contributed by atoms with E-state index in [0.29, 0.717) is 18.3 Å². The first-order chi connectivity index (χ1) is 9.34. The summed E-state index contributed by atoms with van der Waals surface area (Å²) in [5, 5.41) is 12.3. The Labute approximate surface area is 120 Å². The molecule has 1 heterocycles. The number of carbonyl (C=O) groups excluding carboxylic acids is 1. The smallest absolute Gasteiger partial charge is 0.317 e. The average Bonchev–Trinajstić information content (AvgIpc) is 2.75. The van der Waals surface area contributed by atoms with Gasteiger partial charge in [-0.1, -0.05) is 20.3 Å². The van der Waals surface area contributed by atoms with Crippen LogP contribution in [-0.2, 0) is 4.79 Å². The van der Waals surface area contributed by atoms with Gasteiger partial charge in [-0.2, -0.15) is 0 Å². The molecule has 2 N–H and O–H groups in total. The van der Waals surface area contributed by atoms with Gasteiger partial charge < -0.3 is 15.3 Å². The molecular formula is C15H26N2O3. The highest BCUT2D eigenvalue weighted by Crippen LogP contribution is 2.38. The van der Waals surface area contributed by atoms with E-state index >= 15 is 0 Å². The highest BCUT2D eigenvalue weighted by atomic mass is 16.4. The van der Waals surface area contributed by atoms with Crippen LogP contribution < -0.4 is 5.32 Å². The van der Waals surface area contributed by atoms with Crippen LogP contribution >= 0.6 is 0 Å². The number of likely N-dealkylation sites (tertiary alicyclic amines) is 1. The number of aliphatic carboxylic acids is 1. The Hall–Kier alpha value is -1.26. The van der Waals surface area contributed by atoms with E-state index in [4.69, 9.17) is 0 Å². The molecule has 20 heavy (non-hydrogen) atoms. The van der Waals surface area contributed by atoms with Crippen LogP contribution in [0.15, 0.2) is 0 Å². The normalized spacial score (nSPS) is 37.8. The van der Waals surface area contributed by atoms with Crippen molar-refractivity contribution >= 4 is 12.0 Å². The standard InChI is InChI=1S/C15H26N2O3/c1-10-6-8-17(9-11(10)2)14(20)16-12-5-4-7-15(12,3)13(18)19/h10-12H,4-9H2,1-3H3,(H,16,20)(H,18,19). The third-order valence-corrected chi connectivity index (χ3v) is 5.37. The van der Waals surface area contributed by atoms with Crippen molar-refractivity contribution < 1.29 is 14.7 Å². The first kappa shape index (κ1) is 15.1. The van der Waals surface area contributed by atoms with Crippen LogP contribution in [0, 0.1) is 17.3 Å². The van der Waals surface area contributed by atoms with Gasteiger partial charge in [0.2, 0.25) is 0 Å². The summed E-state index contributed by atoms with van der Waals surface area (Å²) < 4.78 is 0. The van der Waals surface area contributed by atoms with Gasteiger partial charge in [0, 0.05) is 19.1 Å². The summed E-state index contributed by atoms with van der Waals surface area (Å²) in [6.07, 6.45) is 3.28. The molecule has 1 saturated heterocycles. The number of carbonyl (C=O) groups is 2. The van der Waals surface area contributed by atoms with E-state index in [1.807, 2.05) is 4.90 Å². The number of nitrogens with one attached hydrogen (secondary N) is 1. The maximum atomic E-state index is 12.3. The second-order valence-corrected chi connectivity index (χ2v) is 6.81. The fraction of sp³-hybridized carbons (Fsp3) is 0.867. The van der Waals surface area contributed by atoms with Crippen molar-refractivity contribution in [3.63, 3.8) is 0 Å². The number of hydrogen-bond acceptors (Lipinski definition) is 2. The fourth-order valence-corrected chi connectivity index (χ4v) is 3.34. The Kier molecular flexibility index (Phi) is 4.25. The second-order valence-electron chi connectivity index (χ2n) is 6.81. The van der Waals surface area contributed by atoms with Gasteiger partial charge in [0.15, 0.2) is 0 Å². The molecule has 1 aliphatic heterocycles. The van der Waals surface area contributed by atoms with Gasteiger partial charge in [0.1, 0.15) is 0 Å². The molecule has 2 aliphatic rings. The van der Waals surface area contributed by atoms with Crippen molar-refractivity contribution in [3.05, 3.63) is 0 Å². The number of carboxylic acid groups (broad SMARTS) is 1. The van der Waals surface area contributed by atoms with Crippen molar-refractivity contribution in [1.29, 1.82) is 0 Å². The van der Waals surface area contributed by atoms with Crippen LogP contribution in [0.25, 0.3) is 0 Å². The summed E-state index contributed by atoms with van der Waals surface area (Å²) in [5.74, 6) is 0.347. The molecule has 0 spiro atoms. The highest BCUT2D eigenvalue weighted by molar-refractivity contribution is 5.79. The lowest BCUT2D eigenvalue weighted by molar-refractivity contribution is -0.148.